The first-order valence-electron chi connectivity index (χ1n) is 15.1. The SMILES string of the molecule is CC1=C(C)C(=O)C(CCCCCCCCCCC[P+](c2ccccc2)(c2ccccc2)c2ccccc2)=CC1=O.[Br-]. The Bertz CT molecular complexity index is 1220. The summed E-state index contributed by atoms with van der Waals surface area (Å²) in [5, 5.41) is 4.43. The number of Topliss-reactive ketones (excluding diaryl/α,β-unsaturated/α-hetero) is 1. The van der Waals surface area contributed by atoms with E-state index in [9.17, 15) is 9.59 Å². The number of unbranched alkanes of at least 4 members (excludes halogenated alkanes) is 8. The second kappa shape index (κ2) is 16.7. The highest BCUT2D eigenvalue weighted by molar-refractivity contribution is 7.95. The molecule has 4 rings (SSSR count). The highest BCUT2D eigenvalue weighted by Gasteiger charge is 2.44. The third kappa shape index (κ3) is 8.46. The summed E-state index contributed by atoms with van der Waals surface area (Å²) in [7, 11) is -1.71. The van der Waals surface area contributed by atoms with Crippen LogP contribution in [0.15, 0.2) is 114 Å². The van der Waals surface area contributed by atoms with Gasteiger partial charge in [-0.25, -0.2) is 0 Å². The van der Waals surface area contributed by atoms with Gasteiger partial charge in [0, 0.05) is 16.7 Å². The van der Waals surface area contributed by atoms with Crippen LogP contribution >= 0.6 is 7.26 Å². The molecule has 3 aromatic carbocycles. The van der Waals surface area contributed by atoms with E-state index >= 15 is 0 Å². The molecule has 0 saturated carbocycles. The number of carbonyl (C=O) groups is 2. The maximum atomic E-state index is 12.4. The summed E-state index contributed by atoms with van der Waals surface area (Å²) in [6.07, 6.45) is 14.4. The third-order valence-corrected chi connectivity index (χ3v) is 12.9. The summed E-state index contributed by atoms with van der Waals surface area (Å²) in [5.41, 5.74) is 1.92. The van der Waals surface area contributed by atoms with Gasteiger partial charge in [-0.05, 0) is 82.0 Å². The summed E-state index contributed by atoms with van der Waals surface area (Å²) in [6.45, 7) is 3.52. The van der Waals surface area contributed by atoms with Crippen molar-refractivity contribution in [1.82, 2.24) is 0 Å². The van der Waals surface area contributed by atoms with E-state index in [0.29, 0.717) is 16.7 Å². The van der Waals surface area contributed by atoms with Crippen LogP contribution in [0.25, 0.3) is 0 Å². The van der Waals surface area contributed by atoms with Gasteiger partial charge in [-0.15, -0.1) is 0 Å². The number of rotatable bonds is 15. The lowest BCUT2D eigenvalue weighted by Gasteiger charge is -2.27. The van der Waals surface area contributed by atoms with Gasteiger partial charge in [-0.1, -0.05) is 93.1 Å². The van der Waals surface area contributed by atoms with Crippen molar-refractivity contribution in [2.24, 2.45) is 0 Å². The molecule has 3 aromatic rings. The average molecular weight is 632 g/mol. The molecule has 0 unspecified atom stereocenters. The Morgan fingerprint density at radius 2 is 0.902 bits per heavy atom. The van der Waals surface area contributed by atoms with Gasteiger partial charge in [-0.3, -0.25) is 9.59 Å². The second-order valence-electron chi connectivity index (χ2n) is 11.1. The highest BCUT2D eigenvalue weighted by Crippen LogP contribution is 2.56. The first-order chi connectivity index (χ1) is 19.5. The van der Waals surface area contributed by atoms with Crippen LogP contribution in [-0.2, 0) is 9.59 Å². The van der Waals surface area contributed by atoms with Crippen molar-refractivity contribution in [1.29, 1.82) is 0 Å². The lowest BCUT2D eigenvalue weighted by atomic mass is 9.88. The van der Waals surface area contributed by atoms with Gasteiger partial charge in [0.15, 0.2) is 11.6 Å². The Morgan fingerprint density at radius 3 is 1.34 bits per heavy atom. The highest BCUT2D eigenvalue weighted by atomic mass is 79.9. The van der Waals surface area contributed by atoms with E-state index in [1.807, 2.05) is 0 Å². The summed E-state index contributed by atoms with van der Waals surface area (Å²) in [5.74, 6) is 0.0677. The van der Waals surface area contributed by atoms with Crippen LogP contribution in [0.4, 0.5) is 0 Å². The van der Waals surface area contributed by atoms with Crippen molar-refractivity contribution in [3.8, 4) is 0 Å². The molecule has 0 heterocycles. The lowest BCUT2D eigenvalue weighted by molar-refractivity contribution is -0.116. The summed E-state index contributed by atoms with van der Waals surface area (Å²) < 4.78 is 0. The molecule has 0 aromatic heterocycles. The van der Waals surface area contributed by atoms with Gasteiger partial charge in [0.25, 0.3) is 0 Å². The van der Waals surface area contributed by atoms with Crippen molar-refractivity contribution in [2.75, 3.05) is 6.16 Å². The van der Waals surface area contributed by atoms with Crippen LogP contribution in [0.5, 0.6) is 0 Å². The van der Waals surface area contributed by atoms with Gasteiger partial charge >= 0.3 is 0 Å². The molecule has 0 fully saturated rings. The molecule has 2 nitrogen and oxygen atoms in total. The zero-order valence-corrected chi connectivity index (χ0v) is 27.1. The molecule has 216 valence electrons. The van der Waals surface area contributed by atoms with Crippen LogP contribution in [0.2, 0.25) is 0 Å². The summed E-state index contributed by atoms with van der Waals surface area (Å²) >= 11 is 0. The van der Waals surface area contributed by atoms with E-state index < -0.39 is 7.26 Å². The number of halogens is 1. The molecular weight excluding hydrogens is 587 g/mol. The standard InChI is InChI=1S/C37H44O2P.BrH/c1-30-31(2)37(39)32(29-36(30)38)21-13-8-6-4-3-5-7-9-20-28-40(33-22-14-10-15-23-33,34-24-16-11-17-25-34)35-26-18-12-19-27-35;/h10-12,14-19,22-27,29H,3-9,13,20-21,28H2,1-2H3;1H/q+1;/p-1. The van der Waals surface area contributed by atoms with Crippen molar-refractivity contribution < 1.29 is 26.6 Å². The molecule has 1 aliphatic rings. The molecule has 0 spiro atoms. The molecule has 1 aliphatic carbocycles. The quantitative estimate of drug-likeness (QED) is 0.130. The number of allylic oxidation sites excluding steroid dienone is 4. The number of carbonyl (C=O) groups excluding carboxylic acids is 2. The molecule has 0 radical (unpaired) electrons. The second-order valence-corrected chi connectivity index (χ2v) is 14.7. The Labute approximate surface area is 258 Å². The molecule has 0 amide bonds. The minimum absolute atomic E-state index is 0. The van der Waals surface area contributed by atoms with E-state index in [-0.39, 0.29) is 28.5 Å². The Morgan fingerprint density at radius 1 is 0.512 bits per heavy atom. The maximum absolute atomic E-state index is 12.4. The monoisotopic (exact) mass is 630 g/mol. The van der Waals surface area contributed by atoms with E-state index in [2.05, 4.69) is 91.0 Å². The van der Waals surface area contributed by atoms with E-state index in [4.69, 9.17) is 0 Å². The summed E-state index contributed by atoms with van der Waals surface area (Å²) in [6, 6.07) is 33.6. The number of benzene rings is 3. The molecule has 4 heteroatoms. The van der Waals surface area contributed by atoms with E-state index in [1.165, 1.54) is 67.0 Å². The van der Waals surface area contributed by atoms with Crippen LogP contribution in [0.1, 0.15) is 78.1 Å². The van der Waals surface area contributed by atoms with E-state index in [0.717, 1.165) is 19.3 Å². The zero-order valence-electron chi connectivity index (χ0n) is 24.7. The molecule has 0 N–H and O–H groups in total. The molecule has 0 bridgehead atoms. The van der Waals surface area contributed by atoms with Crippen LogP contribution in [0, 0.1) is 0 Å². The Kier molecular flexibility index (Phi) is 13.4. The molecule has 0 saturated heterocycles. The predicted molar refractivity (Wildman–Crippen MR) is 173 cm³/mol. The smallest absolute Gasteiger partial charge is 0.185 e. The van der Waals surface area contributed by atoms with Gasteiger partial charge in [0.1, 0.15) is 23.2 Å². The van der Waals surface area contributed by atoms with Crippen LogP contribution in [-0.4, -0.2) is 17.7 Å². The van der Waals surface area contributed by atoms with E-state index in [1.54, 1.807) is 19.9 Å². The predicted octanol–water partition coefficient (Wildman–Crippen LogP) is 5.30. The fraction of sp³-hybridized carbons (Fsp3) is 0.351. The summed E-state index contributed by atoms with van der Waals surface area (Å²) in [4.78, 5) is 24.4. The largest absolute Gasteiger partial charge is 1.00 e. The van der Waals surface area contributed by atoms with Crippen molar-refractivity contribution in [3.05, 3.63) is 114 Å². The molecule has 0 atom stereocenters. The topological polar surface area (TPSA) is 34.1 Å². The van der Waals surface area contributed by atoms with Gasteiger partial charge in [0.05, 0.1) is 6.16 Å². The van der Waals surface area contributed by atoms with Crippen LogP contribution in [0.3, 0.4) is 0 Å². The third-order valence-electron chi connectivity index (χ3n) is 8.40. The average Bonchev–Trinajstić information content (AvgIpc) is 3.00. The van der Waals surface area contributed by atoms with Gasteiger partial charge < -0.3 is 17.0 Å². The molecule has 41 heavy (non-hydrogen) atoms. The minimum atomic E-state index is -1.71. The minimum Gasteiger partial charge on any atom is -1.00 e. The van der Waals surface area contributed by atoms with Crippen LogP contribution < -0.4 is 32.9 Å². The van der Waals surface area contributed by atoms with Crippen molar-refractivity contribution >= 4 is 34.7 Å². The van der Waals surface area contributed by atoms with Gasteiger partial charge in [-0.2, -0.15) is 0 Å². The normalized spacial score (nSPS) is 13.7. The first-order valence-corrected chi connectivity index (χ1v) is 17.0. The number of hydrogen-bond donors (Lipinski definition) is 0. The molecular formula is C37H44BrO2P. The Balaban J connectivity index is 0.00000462. The first kappa shape index (κ1) is 32.9. The van der Waals surface area contributed by atoms with Gasteiger partial charge in [0.2, 0.25) is 0 Å². The van der Waals surface area contributed by atoms with Crippen molar-refractivity contribution in [2.45, 2.75) is 78.1 Å². The lowest BCUT2D eigenvalue weighted by Crippen LogP contribution is -3.00. The number of ketones is 2. The fourth-order valence-corrected chi connectivity index (χ4v) is 10.3. The Hall–Kier alpha value is -2.61. The molecule has 0 aliphatic heterocycles. The maximum Gasteiger partial charge on any atom is 0.185 e. The van der Waals surface area contributed by atoms with Crippen molar-refractivity contribution in [3.63, 3.8) is 0 Å². The zero-order chi connectivity index (χ0) is 28.2. The fourth-order valence-electron chi connectivity index (χ4n) is 5.90. The number of hydrogen-bond acceptors (Lipinski definition) is 2.